The van der Waals surface area contributed by atoms with Gasteiger partial charge in [0.15, 0.2) is 17.3 Å². The van der Waals surface area contributed by atoms with Crippen molar-refractivity contribution in [2.75, 3.05) is 14.2 Å². The fourth-order valence-electron chi connectivity index (χ4n) is 4.47. The Morgan fingerprint density at radius 1 is 1.00 bits per heavy atom. The molecule has 1 aliphatic heterocycles. The van der Waals surface area contributed by atoms with E-state index >= 15 is 0 Å². The first-order valence-corrected chi connectivity index (χ1v) is 10.4. The number of hydrogen-bond donors (Lipinski definition) is 1. The number of allylic oxidation sites excluding steroid dienone is 2. The van der Waals surface area contributed by atoms with Crippen molar-refractivity contribution in [3.8, 4) is 11.5 Å². The van der Waals surface area contributed by atoms with Crippen molar-refractivity contribution >= 4 is 29.0 Å². The molecule has 1 heterocycles. The van der Waals surface area contributed by atoms with Gasteiger partial charge >= 0.3 is 0 Å². The summed E-state index contributed by atoms with van der Waals surface area (Å²) in [4.78, 5) is 36.4. The fourth-order valence-corrected chi connectivity index (χ4v) is 4.66. The summed E-state index contributed by atoms with van der Waals surface area (Å²) in [5.41, 5.74) is 2.27. The molecule has 0 saturated carbocycles. The molecule has 1 aliphatic carbocycles. The highest BCUT2D eigenvalue weighted by Crippen LogP contribution is 2.44. The van der Waals surface area contributed by atoms with Gasteiger partial charge in [-0.15, -0.1) is 0 Å². The minimum absolute atomic E-state index is 0.0108. The number of carbonyl (C=O) groups excluding carboxylic acids is 2. The molecule has 2 aromatic carbocycles. The molecule has 9 heteroatoms. The third-order valence-electron chi connectivity index (χ3n) is 5.98. The topological polar surface area (TPSA) is 108 Å². The lowest BCUT2D eigenvalue weighted by Crippen LogP contribution is -2.38. The number of nitro groups is 1. The molecule has 0 fully saturated rings. The van der Waals surface area contributed by atoms with Crippen LogP contribution in [0.15, 0.2) is 47.7 Å². The Balaban J connectivity index is 1.71. The lowest BCUT2D eigenvalue weighted by molar-refractivity contribution is -0.384. The molecule has 0 radical (unpaired) electrons. The normalized spacial score (nSPS) is 20.5. The van der Waals surface area contributed by atoms with Crippen LogP contribution in [0.1, 0.15) is 42.2 Å². The molecular formula is C23H21ClN2O6. The summed E-state index contributed by atoms with van der Waals surface area (Å²) < 4.78 is 10.7. The number of nitrogens with one attached hydrogen (secondary N) is 1. The smallest absolute Gasteiger partial charge is 0.288 e. The van der Waals surface area contributed by atoms with Crippen molar-refractivity contribution in [1.29, 1.82) is 0 Å². The molecule has 0 unspecified atom stereocenters. The average Bonchev–Trinajstić information content (AvgIpc) is 2.77. The summed E-state index contributed by atoms with van der Waals surface area (Å²) in [5, 5.41) is 14.2. The number of hydrogen-bond acceptors (Lipinski definition) is 6. The monoisotopic (exact) mass is 456 g/mol. The van der Waals surface area contributed by atoms with E-state index in [2.05, 4.69) is 5.32 Å². The molecule has 0 saturated heterocycles. The van der Waals surface area contributed by atoms with Crippen LogP contribution in [-0.4, -0.2) is 30.8 Å². The SMILES string of the molecule is COc1ccc([C@H]2CC(=O)C3=C(C2)NC(=O)C[C@@H]3c2ccc(Cl)c([N+](=O)[O-])c2)cc1OC. The maximum absolute atomic E-state index is 13.2. The van der Waals surface area contributed by atoms with Crippen LogP contribution in [-0.2, 0) is 9.59 Å². The standard InChI is InChI=1S/C23H21ClN2O6/c1-31-20-6-4-12(10-21(20)32-2)14-7-17-23(19(27)9-14)15(11-22(28)25-17)13-3-5-16(24)18(8-13)26(29)30/h3-6,8,10,14-15H,7,9,11H2,1-2H3,(H,25,28)/t14-,15-/m1/s1. The number of methoxy groups -OCH3 is 2. The minimum Gasteiger partial charge on any atom is -0.493 e. The van der Waals surface area contributed by atoms with Crippen molar-refractivity contribution in [2.24, 2.45) is 0 Å². The minimum atomic E-state index is -0.570. The van der Waals surface area contributed by atoms with Crippen LogP contribution in [0.2, 0.25) is 5.02 Å². The molecule has 1 N–H and O–H groups in total. The molecular weight excluding hydrogens is 436 g/mol. The molecule has 8 nitrogen and oxygen atoms in total. The number of nitrogens with zero attached hydrogens (tertiary/aromatic N) is 1. The van der Waals surface area contributed by atoms with Gasteiger partial charge in [-0.3, -0.25) is 19.7 Å². The van der Waals surface area contributed by atoms with Crippen molar-refractivity contribution in [3.63, 3.8) is 0 Å². The third-order valence-corrected chi connectivity index (χ3v) is 6.30. The first-order chi connectivity index (χ1) is 15.3. The Morgan fingerprint density at radius 2 is 1.72 bits per heavy atom. The molecule has 4 rings (SSSR count). The van der Waals surface area contributed by atoms with Gasteiger partial charge in [-0.05, 0) is 41.7 Å². The lowest BCUT2D eigenvalue weighted by atomic mass is 9.73. The van der Waals surface area contributed by atoms with E-state index in [1.807, 2.05) is 12.1 Å². The van der Waals surface area contributed by atoms with Crippen LogP contribution in [0.5, 0.6) is 11.5 Å². The fraction of sp³-hybridized carbons (Fsp3) is 0.304. The van der Waals surface area contributed by atoms with Crippen molar-refractivity contribution in [3.05, 3.63) is 73.9 Å². The lowest BCUT2D eigenvalue weighted by Gasteiger charge is -2.34. The van der Waals surface area contributed by atoms with Gasteiger partial charge in [-0.25, -0.2) is 0 Å². The van der Waals surface area contributed by atoms with Crippen LogP contribution in [0.25, 0.3) is 0 Å². The van der Waals surface area contributed by atoms with Crippen molar-refractivity contribution in [1.82, 2.24) is 5.32 Å². The molecule has 1 amide bonds. The average molecular weight is 457 g/mol. The second-order valence-electron chi connectivity index (χ2n) is 7.81. The Bertz CT molecular complexity index is 1160. The molecule has 32 heavy (non-hydrogen) atoms. The number of nitro benzene ring substituents is 1. The summed E-state index contributed by atoms with van der Waals surface area (Å²) in [6.45, 7) is 0. The van der Waals surface area contributed by atoms with Crippen LogP contribution < -0.4 is 14.8 Å². The van der Waals surface area contributed by atoms with Gasteiger partial charge in [-0.2, -0.15) is 0 Å². The van der Waals surface area contributed by atoms with Crippen molar-refractivity contribution < 1.29 is 24.0 Å². The summed E-state index contributed by atoms with van der Waals surface area (Å²) in [5.74, 6) is 0.152. The summed E-state index contributed by atoms with van der Waals surface area (Å²) >= 11 is 5.94. The van der Waals surface area contributed by atoms with Gasteiger partial charge < -0.3 is 14.8 Å². The van der Waals surface area contributed by atoms with Gasteiger partial charge in [0.25, 0.3) is 5.69 Å². The maximum atomic E-state index is 13.2. The summed E-state index contributed by atoms with van der Waals surface area (Å²) in [7, 11) is 3.10. The number of ether oxygens (including phenoxy) is 2. The molecule has 0 spiro atoms. The van der Waals surface area contributed by atoms with Crippen LogP contribution in [0.4, 0.5) is 5.69 Å². The van der Waals surface area contributed by atoms with E-state index in [4.69, 9.17) is 21.1 Å². The number of benzene rings is 2. The van der Waals surface area contributed by atoms with Crippen LogP contribution >= 0.6 is 11.6 Å². The van der Waals surface area contributed by atoms with Gasteiger partial charge in [0.1, 0.15) is 5.02 Å². The predicted octanol–water partition coefficient (Wildman–Crippen LogP) is 4.27. The number of Topliss-reactive ketones (excluding diaryl/α,β-unsaturated/α-hetero) is 1. The van der Waals surface area contributed by atoms with Crippen molar-refractivity contribution in [2.45, 2.75) is 31.1 Å². The quantitative estimate of drug-likeness (QED) is 0.531. The number of ketones is 1. The van der Waals surface area contributed by atoms with E-state index in [1.54, 1.807) is 26.4 Å². The van der Waals surface area contributed by atoms with Gasteiger partial charge in [0, 0.05) is 36.1 Å². The predicted molar refractivity (Wildman–Crippen MR) is 117 cm³/mol. The highest BCUT2D eigenvalue weighted by molar-refractivity contribution is 6.32. The van der Waals surface area contributed by atoms with E-state index in [0.717, 1.165) is 5.56 Å². The third kappa shape index (κ3) is 3.93. The van der Waals surface area contributed by atoms with Gasteiger partial charge in [0.05, 0.1) is 19.1 Å². The molecule has 0 bridgehead atoms. The number of halogens is 1. The zero-order chi connectivity index (χ0) is 23.0. The van der Waals surface area contributed by atoms with E-state index in [1.165, 1.54) is 12.1 Å². The van der Waals surface area contributed by atoms with Gasteiger partial charge in [-0.1, -0.05) is 23.7 Å². The van der Waals surface area contributed by atoms with E-state index < -0.39 is 10.8 Å². The second kappa shape index (κ2) is 8.63. The second-order valence-corrected chi connectivity index (χ2v) is 8.22. The summed E-state index contributed by atoms with van der Waals surface area (Å²) in [6.07, 6.45) is 0.773. The van der Waals surface area contributed by atoms with Crippen LogP contribution in [0, 0.1) is 10.1 Å². The molecule has 0 aromatic heterocycles. The number of amides is 1. The Morgan fingerprint density at radius 3 is 2.41 bits per heavy atom. The Labute approximate surface area is 189 Å². The first-order valence-electron chi connectivity index (χ1n) is 10.0. The maximum Gasteiger partial charge on any atom is 0.288 e. The van der Waals surface area contributed by atoms with E-state index in [-0.39, 0.29) is 41.2 Å². The highest BCUT2D eigenvalue weighted by Gasteiger charge is 2.39. The molecule has 166 valence electrons. The molecule has 2 aromatic rings. The van der Waals surface area contributed by atoms with Crippen LogP contribution in [0.3, 0.4) is 0 Å². The largest absolute Gasteiger partial charge is 0.493 e. The van der Waals surface area contributed by atoms with Gasteiger partial charge in [0.2, 0.25) is 5.91 Å². The summed E-state index contributed by atoms with van der Waals surface area (Å²) in [6, 6.07) is 9.93. The zero-order valence-electron chi connectivity index (χ0n) is 17.5. The molecule has 2 aliphatic rings. The number of rotatable bonds is 5. The number of carbonyl (C=O) groups is 2. The first kappa shape index (κ1) is 21.8. The molecule has 2 atom stereocenters. The highest BCUT2D eigenvalue weighted by atomic mass is 35.5. The van der Waals surface area contributed by atoms with E-state index in [9.17, 15) is 19.7 Å². The Kier molecular flexibility index (Phi) is 5.88. The Hall–Kier alpha value is -3.39. The van der Waals surface area contributed by atoms with E-state index in [0.29, 0.717) is 34.8 Å². The zero-order valence-corrected chi connectivity index (χ0v) is 18.3.